The zero-order chi connectivity index (χ0) is 12.5. The van der Waals surface area contributed by atoms with Crippen LogP contribution in [0.2, 0.25) is 0 Å². The number of guanidine groups is 1. The number of nitrogens with one attached hydrogen (secondary N) is 2. The smallest absolute Gasteiger partial charge is 0.205 e. The van der Waals surface area contributed by atoms with Crippen LogP contribution in [0.3, 0.4) is 0 Å². The summed E-state index contributed by atoms with van der Waals surface area (Å²) in [5.74, 6) is 6.04. The second kappa shape index (κ2) is 8.03. The third kappa shape index (κ3) is 5.65. The first-order valence-electron chi connectivity index (χ1n) is 5.92. The normalized spacial score (nSPS) is 11.6. The summed E-state index contributed by atoms with van der Waals surface area (Å²) in [5, 5.41) is 6.37. The molecule has 96 valence electrons. The van der Waals surface area contributed by atoms with Gasteiger partial charge in [-0.15, -0.1) is 11.3 Å². The van der Waals surface area contributed by atoms with E-state index in [1.165, 1.54) is 0 Å². The minimum atomic E-state index is 0.659. The van der Waals surface area contributed by atoms with Crippen LogP contribution in [0.25, 0.3) is 0 Å². The molecule has 0 amide bonds. The molecule has 0 aliphatic carbocycles. The maximum atomic E-state index is 5.38. The van der Waals surface area contributed by atoms with Crippen molar-refractivity contribution in [1.82, 2.24) is 15.7 Å². The Balaban J connectivity index is 2.25. The zero-order valence-electron chi connectivity index (χ0n) is 10.5. The molecule has 17 heavy (non-hydrogen) atoms. The lowest BCUT2D eigenvalue weighted by Gasteiger charge is -2.07. The molecule has 0 saturated carbocycles. The van der Waals surface area contributed by atoms with E-state index in [0.717, 1.165) is 43.1 Å². The summed E-state index contributed by atoms with van der Waals surface area (Å²) in [5.41, 5.74) is 3.66. The quantitative estimate of drug-likeness (QED) is 0.235. The Morgan fingerprint density at radius 2 is 2.41 bits per heavy atom. The number of thiazole rings is 1. The topological polar surface area (TPSA) is 75.3 Å². The summed E-state index contributed by atoms with van der Waals surface area (Å²) >= 11 is 1.69. The van der Waals surface area contributed by atoms with E-state index in [9.17, 15) is 0 Å². The van der Waals surface area contributed by atoms with Crippen LogP contribution in [-0.2, 0) is 6.42 Å². The molecular formula is C11H21N5S. The van der Waals surface area contributed by atoms with Crippen molar-refractivity contribution in [3.63, 3.8) is 0 Å². The van der Waals surface area contributed by atoms with E-state index >= 15 is 0 Å². The van der Waals surface area contributed by atoms with Crippen LogP contribution in [0.1, 0.15) is 30.5 Å². The lowest BCUT2D eigenvalue weighted by molar-refractivity contribution is 0.769. The van der Waals surface area contributed by atoms with Gasteiger partial charge in [-0.25, -0.2) is 10.8 Å². The minimum absolute atomic E-state index is 0.659. The van der Waals surface area contributed by atoms with E-state index in [-0.39, 0.29) is 0 Å². The van der Waals surface area contributed by atoms with E-state index < -0.39 is 0 Å². The van der Waals surface area contributed by atoms with Crippen molar-refractivity contribution in [2.24, 2.45) is 10.8 Å². The highest BCUT2D eigenvalue weighted by Gasteiger charge is 1.99. The van der Waals surface area contributed by atoms with Gasteiger partial charge in [0.25, 0.3) is 0 Å². The molecular weight excluding hydrogens is 234 g/mol. The molecule has 0 radical (unpaired) electrons. The Morgan fingerprint density at radius 3 is 3.00 bits per heavy atom. The Bertz CT molecular complexity index is 347. The number of aryl methyl sites for hydroxylation is 1. The number of hydrogen-bond donors (Lipinski definition) is 3. The number of nitrogens with zero attached hydrogens (tertiary/aromatic N) is 2. The van der Waals surface area contributed by atoms with Crippen molar-refractivity contribution in [3.05, 3.63) is 16.1 Å². The average molecular weight is 255 g/mol. The lowest BCUT2D eigenvalue weighted by Crippen LogP contribution is -2.42. The number of rotatable bonds is 6. The molecule has 0 aliphatic heterocycles. The Hall–Kier alpha value is -1.14. The summed E-state index contributed by atoms with van der Waals surface area (Å²) in [4.78, 5) is 8.72. The van der Waals surface area contributed by atoms with Gasteiger partial charge in [0, 0.05) is 30.6 Å². The van der Waals surface area contributed by atoms with E-state index in [0.29, 0.717) is 5.96 Å². The van der Waals surface area contributed by atoms with Gasteiger partial charge in [-0.05, 0) is 13.3 Å². The van der Waals surface area contributed by atoms with Crippen LogP contribution in [0.5, 0.6) is 0 Å². The molecule has 5 nitrogen and oxygen atoms in total. The van der Waals surface area contributed by atoms with E-state index in [4.69, 9.17) is 5.84 Å². The molecule has 1 aromatic heterocycles. The van der Waals surface area contributed by atoms with Crippen molar-refractivity contribution in [1.29, 1.82) is 0 Å². The predicted octanol–water partition coefficient (Wildman–Crippen LogP) is 1.20. The highest BCUT2D eigenvalue weighted by molar-refractivity contribution is 7.09. The van der Waals surface area contributed by atoms with Crippen LogP contribution in [0.15, 0.2) is 10.4 Å². The van der Waals surface area contributed by atoms with E-state index in [1.807, 2.05) is 6.92 Å². The summed E-state index contributed by atoms with van der Waals surface area (Å²) in [7, 11) is 0. The number of aromatic nitrogens is 1. The summed E-state index contributed by atoms with van der Waals surface area (Å²) in [6, 6.07) is 0. The first-order chi connectivity index (χ1) is 8.26. The predicted molar refractivity (Wildman–Crippen MR) is 73.1 cm³/mol. The molecule has 1 aromatic rings. The molecule has 0 saturated heterocycles. The van der Waals surface area contributed by atoms with Crippen LogP contribution >= 0.6 is 11.3 Å². The van der Waals surface area contributed by atoms with Gasteiger partial charge in [0.1, 0.15) is 0 Å². The second-order valence-corrected chi connectivity index (χ2v) is 4.73. The first kappa shape index (κ1) is 13.9. The Labute approximate surface area is 107 Å². The standard InChI is InChI=1S/C11H21N5S/c1-3-4-6-13-11(16-12)14-7-5-10-15-9(2)8-17-10/h8H,3-7,12H2,1-2H3,(H2,13,14,16). The molecule has 0 unspecified atom stereocenters. The molecule has 1 rings (SSSR count). The molecule has 0 fully saturated rings. The first-order valence-corrected chi connectivity index (χ1v) is 6.80. The summed E-state index contributed by atoms with van der Waals surface area (Å²) < 4.78 is 0. The van der Waals surface area contributed by atoms with Crippen molar-refractivity contribution in [3.8, 4) is 0 Å². The molecule has 0 aliphatic rings. The van der Waals surface area contributed by atoms with Crippen LogP contribution in [0, 0.1) is 6.92 Å². The van der Waals surface area contributed by atoms with Gasteiger partial charge in [0.05, 0.1) is 5.01 Å². The van der Waals surface area contributed by atoms with Crippen LogP contribution < -0.4 is 16.6 Å². The summed E-state index contributed by atoms with van der Waals surface area (Å²) in [6.07, 6.45) is 3.12. The van der Waals surface area contributed by atoms with Gasteiger partial charge in [-0.2, -0.15) is 0 Å². The molecule has 0 spiro atoms. The SMILES string of the molecule is CCCCN=C(NN)NCCc1nc(C)cs1. The molecule has 0 aromatic carbocycles. The van der Waals surface area contributed by atoms with Crippen molar-refractivity contribution in [2.75, 3.05) is 13.1 Å². The Morgan fingerprint density at radius 1 is 1.59 bits per heavy atom. The fourth-order valence-corrected chi connectivity index (χ4v) is 2.08. The molecule has 4 N–H and O–H groups in total. The highest BCUT2D eigenvalue weighted by Crippen LogP contribution is 2.08. The zero-order valence-corrected chi connectivity index (χ0v) is 11.3. The maximum absolute atomic E-state index is 5.38. The molecule has 0 atom stereocenters. The largest absolute Gasteiger partial charge is 0.355 e. The number of nitrogens with two attached hydrogens (primary N) is 1. The van der Waals surface area contributed by atoms with Gasteiger partial charge < -0.3 is 5.32 Å². The molecule has 0 bridgehead atoms. The average Bonchev–Trinajstić information content (AvgIpc) is 2.73. The van der Waals surface area contributed by atoms with Gasteiger partial charge >= 0.3 is 0 Å². The van der Waals surface area contributed by atoms with Gasteiger partial charge in [0.15, 0.2) is 0 Å². The summed E-state index contributed by atoms with van der Waals surface area (Å²) in [6.45, 7) is 5.75. The van der Waals surface area contributed by atoms with Crippen molar-refractivity contribution >= 4 is 17.3 Å². The van der Waals surface area contributed by atoms with Gasteiger partial charge in [-0.3, -0.25) is 10.4 Å². The fraction of sp³-hybridized carbons (Fsp3) is 0.636. The maximum Gasteiger partial charge on any atom is 0.205 e. The van der Waals surface area contributed by atoms with Gasteiger partial charge in [0.2, 0.25) is 5.96 Å². The highest BCUT2D eigenvalue weighted by atomic mass is 32.1. The third-order valence-corrected chi connectivity index (χ3v) is 3.24. The monoisotopic (exact) mass is 255 g/mol. The second-order valence-electron chi connectivity index (χ2n) is 3.79. The van der Waals surface area contributed by atoms with E-state index in [2.05, 4.69) is 33.0 Å². The lowest BCUT2D eigenvalue weighted by atomic mass is 10.3. The molecule has 6 heteroatoms. The number of unbranched alkanes of at least 4 members (excludes halogenated alkanes) is 1. The van der Waals surface area contributed by atoms with Crippen LogP contribution in [0.4, 0.5) is 0 Å². The fourth-order valence-electron chi connectivity index (χ4n) is 1.31. The molecule has 1 heterocycles. The van der Waals surface area contributed by atoms with Gasteiger partial charge in [-0.1, -0.05) is 13.3 Å². The number of hydrazine groups is 1. The third-order valence-electron chi connectivity index (χ3n) is 2.22. The van der Waals surface area contributed by atoms with E-state index in [1.54, 1.807) is 11.3 Å². The minimum Gasteiger partial charge on any atom is -0.355 e. The number of hydrogen-bond acceptors (Lipinski definition) is 4. The number of aliphatic imine (C=N–C) groups is 1. The van der Waals surface area contributed by atoms with Crippen LogP contribution in [-0.4, -0.2) is 24.0 Å². The Kier molecular flexibility index (Phi) is 6.57. The van der Waals surface area contributed by atoms with Crippen molar-refractivity contribution < 1.29 is 0 Å². The van der Waals surface area contributed by atoms with Crippen molar-refractivity contribution in [2.45, 2.75) is 33.1 Å².